The predicted octanol–water partition coefficient (Wildman–Crippen LogP) is 5.42. The minimum atomic E-state index is 0.0750. The molecule has 2 aromatic carbocycles. The molecule has 3 rings (SSSR count). The summed E-state index contributed by atoms with van der Waals surface area (Å²) in [5.74, 6) is 0.0750. The zero-order chi connectivity index (χ0) is 16.9. The van der Waals surface area contributed by atoms with Crippen LogP contribution in [0.5, 0.6) is 0 Å². The van der Waals surface area contributed by atoms with Gasteiger partial charge in [-0.05, 0) is 58.9 Å². The zero-order valence-electron chi connectivity index (χ0n) is 14.3. The highest BCUT2D eigenvalue weighted by Crippen LogP contribution is 2.26. The average Bonchev–Trinajstić information content (AvgIpc) is 2.96. The first-order valence-electron chi connectivity index (χ1n) is 8.53. The smallest absolute Gasteiger partial charge is 0.186 e. The number of aryl methyl sites for hydroxylation is 2. The zero-order valence-corrected chi connectivity index (χ0v) is 14.3. The van der Waals surface area contributed by atoms with Crippen LogP contribution in [0, 0.1) is 0 Å². The van der Waals surface area contributed by atoms with Gasteiger partial charge in [0.25, 0.3) is 0 Å². The van der Waals surface area contributed by atoms with E-state index >= 15 is 0 Å². The highest BCUT2D eigenvalue weighted by Gasteiger charge is 2.16. The maximum Gasteiger partial charge on any atom is 0.186 e. The Morgan fingerprint density at radius 3 is 1.71 bits per heavy atom. The summed E-state index contributed by atoms with van der Waals surface area (Å²) >= 11 is 0. The molecule has 0 heterocycles. The Morgan fingerprint density at radius 1 is 0.708 bits per heavy atom. The quantitative estimate of drug-likeness (QED) is 0.689. The normalized spacial score (nSPS) is 17.2. The van der Waals surface area contributed by atoms with Gasteiger partial charge in [0.15, 0.2) is 5.78 Å². The third-order valence-corrected chi connectivity index (χ3v) is 4.40. The van der Waals surface area contributed by atoms with Gasteiger partial charge in [-0.3, -0.25) is 4.79 Å². The summed E-state index contributed by atoms with van der Waals surface area (Å²) in [6.45, 7) is 4.29. The third-order valence-electron chi connectivity index (χ3n) is 4.40. The summed E-state index contributed by atoms with van der Waals surface area (Å²) in [5.41, 5.74) is 6.55. The predicted molar refractivity (Wildman–Crippen MR) is 102 cm³/mol. The van der Waals surface area contributed by atoms with Crippen molar-refractivity contribution in [3.63, 3.8) is 0 Å². The van der Waals surface area contributed by atoms with Crippen LogP contribution in [0.25, 0.3) is 12.2 Å². The van der Waals surface area contributed by atoms with Gasteiger partial charge in [0.1, 0.15) is 0 Å². The van der Waals surface area contributed by atoms with Crippen molar-refractivity contribution in [2.75, 3.05) is 0 Å². The molecule has 1 aliphatic rings. The standard InChI is InChI=1S/C23H22O/c1-3-17-5-9-19(10-6-17)15-21-13-14-23(24)22(21)16-20-11-7-18(4-2)8-12-20/h5-16H,3-4H2,1-2H3. The Labute approximate surface area is 144 Å². The fourth-order valence-electron chi connectivity index (χ4n) is 2.81. The molecule has 0 amide bonds. The molecule has 2 aromatic rings. The van der Waals surface area contributed by atoms with E-state index in [1.165, 1.54) is 11.1 Å². The largest absolute Gasteiger partial charge is 0.289 e. The van der Waals surface area contributed by atoms with Gasteiger partial charge in [-0.15, -0.1) is 0 Å². The van der Waals surface area contributed by atoms with Crippen molar-refractivity contribution in [1.82, 2.24) is 0 Å². The van der Waals surface area contributed by atoms with Crippen molar-refractivity contribution in [2.45, 2.75) is 26.7 Å². The van der Waals surface area contributed by atoms with Gasteiger partial charge in [0.2, 0.25) is 0 Å². The third kappa shape index (κ3) is 3.62. The highest BCUT2D eigenvalue weighted by atomic mass is 16.1. The maximum atomic E-state index is 12.2. The van der Waals surface area contributed by atoms with Crippen LogP contribution < -0.4 is 0 Å². The molecule has 0 aliphatic heterocycles. The van der Waals surface area contributed by atoms with Gasteiger partial charge in [-0.2, -0.15) is 0 Å². The molecule has 1 aliphatic carbocycles. The second-order valence-corrected chi connectivity index (χ2v) is 6.05. The summed E-state index contributed by atoms with van der Waals surface area (Å²) in [7, 11) is 0. The van der Waals surface area contributed by atoms with Crippen molar-refractivity contribution in [3.05, 3.63) is 94.1 Å². The number of hydrogen-bond acceptors (Lipinski definition) is 1. The number of allylic oxidation sites excluding steroid dienone is 4. The lowest BCUT2D eigenvalue weighted by Gasteiger charge is -2.03. The number of rotatable bonds is 4. The van der Waals surface area contributed by atoms with Gasteiger partial charge < -0.3 is 0 Å². The molecular weight excluding hydrogens is 292 g/mol. The molecule has 0 fully saturated rings. The molecule has 24 heavy (non-hydrogen) atoms. The van der Waals surface area contributed by atoms with Crippen LogP contribution in [-0.2, 0) is 17.6 Å². The number of carbonyl (C=O) groups is 1. The maximum absolute atomic E-state index is 12.2. The van der Waals surface area contributed by atoms with Gasteiger partial charge in [-0.25, -0.2) is 0 Å². The lowest BCUT2D eigenvalue weighted by Crippen LogP contribution is -1.94. The minimum Gasteiger partial charge on any atom is -0.289 e. The monoisotopic (exact) mass is 314 g/mol. The number of ketones is 1. The Bertz CT molecular complexity index is 815. The summed E-state index contributed by atoms with van der Waals surface area (Å²) in [6.07, 6.45) is 9.67. The topological polar surface area (TPSA) is 17.1 Å². The van der Waals surface area contributed by atoms with Crippen LogP contribution in [0.2, 0.25) is 0 Å². The number of benzene rings is 2. The molecule has 1 heteroatoms. The molecule has 0 unspecified atom stereocenters. The molecule has 0 saturated carbocycles. The fourth-order valence-corrected chi connectivity index (χ4v) is 2.81. The molecule has 0 bridgehead atoms. The van der Waals surface area contributed by atoms with E-state index in [1.807, 2.05) is 12.2 Å². The summed E-state index contributed by atoms with van der Waals surface area (Å²) in [6, 6.07) is 16.9. The van der Waals surface area contributed by atoms with E-state index in [9.17, 15) is 4.79 Å². The SMILES string of the molecule is CCc1ccc(C=C2C=CC(=O)C2=Cc2ccc(CC)cc2)cc1. The van der Waals surface area contributed by atoms with E-state index in [-0.39, 0.29) is 5.78 Å². The van der Waals surface area contributed by atoms with E-state index in [1.54, 1.807) is 6.08 Å². The Hall–Kier alpha value is -2.67. The van der Waals surface area contributed by atoms with Crippen LogP contribution in [0.1, 0.15) is 36.1 Å². The van der Waals surface area contributed by atoms with Gasteiger partial charge in [0.05, 0.1) is 0 Å². The van der Waals surface area contributed by atoms with Crippen molar-refractivity contribution in [2.24, 2.45) is 0 Å². The van der Waals surface area contributed by atoms with Crippen molar-refractivity contribution in [1.29, 1.82) is 0 Å². The Kier molecular flexibility index (Phi) is 4.90. The number of carbonyl (C=O) groups excluding carboxylic acids is 1. The van der Waals surface area contributed by atoms with E-state index in [2.05, 4.69) is 68.5 Å². The van der Waals surface area contributed by atoms with Gasteiger partial charge in [0, 0.05) is 5.57 Å². The second-order valence-electron chi connectivity index (χ2n) is 6.05. The molecule has 1 nitrogen and oxygen atoms in total. The summed E-state index contributed by atoms with van der Waals surface area (Å²) in [5, 5.41) is 0. The van der Waals surface area contributed by atoms with Crippen LogP contribution >= 0.6 is 0 Å². The van der Waals surface area contributed by atoms with E-state index < -0.39 is 0 Å². The van der Waals surface area contributed by atoms with Crippen LogP contribution in [-0.4, -0.2) is 5.78 Å². The first kappa shape index (κ1) is 16.2. The molecule has 0 radical (unpaired) electrons. The van der Waals surface area contributed by atoms with E-state index in [4.69, 9.17) is 0 Å². The Morgan fingerprint density at radius 2 is 1.21 bits per heavy atom. The van der Waals surface area contributed by atoms with E-state index in [0.29, 0.717) is 0 Å². The first-order valence-corrected chi connectivity index (χ1v) is 8.53. The van der Waals surface area contributed by atoms with Gasteiger partial charge >= 0.3 is 0 Å². The first-order chi connectivity index (χ1) is 11.7. The highest BCUT2D eigenvalue weighted by molar-refractivity contribution is 6.15. The molecule has 120 valence electrons. The molecule has 0 N–H and O–H groups in total. The van der Waals surface area contributed by atoms with Crippen LogP contribution in [0.4, 0.5) is 0 Å². The molecule has 0 aromatic heterocycles. The van der Waals surface area contributed by atoms with Crippen LogP contribution in [0.3, 0.4) is 0 Å². The molecule has 0 spiro atoms. The average molecular weight is 314 g/mol. The van der Waals surface area contributed by atoms with Crippen LogP contribution in [0.15, 0.2) is 71.8 Å². The number of hydrogen-bond donors (Lipinski definition) is 0. The van der Waals surface area contributed by atoms with E-state index in [0.717, 1.165) is 35.1 Å². The van der Waals surface area contributed by atoms with Gasteiger partial charge in [-0.1, -0.05) is 68.5 Å². The lowest BCUT2D eigenvalue weighted by atomic mass is 10.0. The minimum absolute atomic E-state index is 0.0750. The lowest BCUT2D eigenvalue weighted by molar-refractivity contribution is -0.110. The second kappa shape index (κ2) is 7.27. The van der Waals surface area contributed by atoms with Crippen molar-refractivity contribution < 1.29 is 4.79 Å². The van der Waals surface area contributed by atoms with Crippen molar-refractivity contribution >= 4 is 17.9 Å². The molecule has 0 saturated heterocycles. The fraction of sp³-hybridized carbons (Fsp3) is 0.174. The summed E-state index contributed by atoms with van der Waals surface area (Å²) in [4.78, 5) is 12.2. The molecule has 0 atom stereocenters. The van der Waals surface area contributed by atoms with Crippen molar-refractivity contribution in [3.8, 4) is 0 Å². The summed E-state index contributed by atoms with van der Waals surface area (Å²) < 4.78 is 0. The molecular formula is C23H22O. The Balaban J connectivity index is 1.91.